The summed E-state index contributed by atoms with van der Waals surface area (Å²) in [7, 11) is 0. The van der Waals surface area contributed by atoms with E-state index < -0.39 is 0 Å². The molecule has 0 bridgehead atoms. The van der Waals surface area contributed by atoms with E-state index in [-0.39, 0.29) is 11.4 Å². The summed E-state index contributed by atoms with van der Waals surface area (Å²) in [6.45, 7) is 15.1. The van der Waals surface area contributed by atoms with Crippen LogP contribution >= 0.6 is 0 Å². The molecule has 2 aliphatic rings. The predicted octanol–water partition coefficient (Wildman–Crippen LogP) is 7.39. The van der Waals surface area contributed by atoms with Gasteiger partial charge in [-0.3, -0.25) is 5.87 Å². The molecule has 0 heterocycles. The molecule has 0 fully saturated rings. The lowest BCUT2D eigenvalue weighted by molar-refractivity contribution is 0.503. The van der Waals surface area contributed by atoms with Gasteiger partial charge in [-0.05, 0) is 65.0 Å². The molecule has 0 saturated heterocycles. The molecule has 34 heavy (non-hydrogen) atoms. The van der Waals surface area contributed by atoms with Gasteiger partial charge in [-0.2, -0.15) is 0 Å². The first-order valence-electron chi connectivity index (χ1n) is 11.1. The highest BCUT2D eigenvalue weighted by Gasteiger charge is 2.27. The van der Waals surface area contributed by atoms with Crippen LogP contribution in [0.4, 0.5) is 0 Å². The molecular weight excluding hydrogens is 416 g/mol. The number of rotatable bonds is 4. The summed E-state index contributed by atoms with van der Waals surface area (Å²) in [4.78, 5) is 7.03. The topological polar surface area (TPSA) is 54.8 Å². The van der Waals surface area contributed by atoms with Crippen LogP contribution in [0.2, 0.25) is 0 Å². The van der Waals surface area contributed by atoms with Crippen LogP contribution < -0.4 is 0 Å². The van der Waals surface area contributed by atoms with Crippen LogP contribution in [0.15, 0.2) is 101 Å². The van der Waals surface area contributed by atoms with Gasteiger partial charge in [-0.15, -0.1) is 0 Å². The largest absolute Gasteiger partial charge is 0.775 e. The van der Waals surface area contributed by atoms with E-state index in [1.165, 1.54) is 0 Å². The predicted molar refractivity (Wildman–Crippen MR) is 136 cm³/mol. The van der Waals surface area contributed by atoms with Crippen LogP contribution in [0.1, 0.15) is 36.8 Å². The Balaban J connectivity index is 1.89. The number of allylic oxidation sites excluding steroid dienone is 8. The lowest BCUT2D eigenvalue weighted by Crippen LogP contribution is -2.15. The van der Waals surface area contributed by atoms with Crippen molar-refractivity contribution in [3.63, 3.8) is 0 Å². The fourth-order valence-electron chi connectivity index (χ4n) is 4.79. The van der Waals surface area contributed by atoms with Gasteiger partial charge in [0.05, 0.1) is 19.2 Å². The lowest BCUT2D eigenvalue weighted by Gasteiger charge is -2.31. The second-order valence-electron chi connectivity index (χ2n) is 8.24. The molecule has 162 valence electrons. The Labute approximate surface area is 200 Å². The molecule has 0 saturated carbocycles. The summed E-state index contributed by atoms with van der Waals surface area (Å²) in [5.41, 5.74) is 6.42. The molecule has 0 aromatic heterocycles. The standard InChI is InChI=1S/C30H21N4/c1-33-27(19-31)29(22-9-5-3-6-10-22)24-15-13-21-14-16-25(18-26(21)17-24)30(28(20-32)34-2)23-11-7-4-8-12-23/h3-12,17-18,21H,13-16H2/q-1. The van der Waals surface area contributed by atoms with Crippen molar-refractivity contribution in [3.05, 3.63) is 140 Å². The van der Waals surface area contributed by atoms with Crippen LogP contribution in [0, 0.1) is 30.4 Å². The van der Waals surface area contributed by atoms with E-state index in [1.807, 2.05) is 60.7 Å². The van der Waals surface area contributed by atoms with E-state index in [1.54, 1.807) is 0 Å². The first-order valence-corrected chi connectivity index (χ1v) is 11.1. The van der Waals surface area contributed by atoms with Crippen molar-refractivity contribution >= 4 is 17.0 Å². The molecule has 2 aromatic rings. The highest BCUT2D eigenvalue weighted by atomic mass is 14.7. The Bertz CT molecular complexity index is 1390. The number of nitriles is 1. The molecular formula is C30H21N4-. The van der Waals surface area contributed by atoms with Crippen molar-refractivity contribution in [2.24, 2.45) is 5.92 Å². The Morgan fingerprint density at radius 1 is 0.882 bits per heavy atom. The van der Waals surface area contributed by atoms with Crippen molar-refractivity contribution in [2.75, 3.05) is 0 Å². The van der Waals surface area contributed by atoms with Crippen molar-refractivity contribution in [3.8, 4) is 6.07 Å². The van der Waals surface area contributed by atoms with E-state index in [9.17, 15) is 10.7 Å². The van der Waals surface area contributed by atoms with Crippen molar-refractivity contribution in [1.29, 1.82) is 5.26 Å². The fourth-order valence-corrected chi connectivity index (χ4v) is 4.79. The minimum atomic E-state index is 0.0983. The molecule has 2 aliphatic carbocycles. The molecule has 4 rings (SSSR count). The summed E-state index contributed by atoms with van der Waals surface area (Å²) in [6.07, 6.45) is 7.71. The smallest absolute Gasteiger partial charge is 0.269 e. The molecule has 0 amide bonds. The van der Waals surface area contributed by atoms with Gasteiger partial charge >= 0.3 is 0 Å². The minimum absolute atomic E-state index is 0.0983. The lowest BCUT2D eigenvalue weighted by atomic mass is 9.74. The molecule has 2 aromatic carbocycles. The molecule has 0 spiro atoms. The molecule has 0 radical (unpaired) electrons. The molecule has 1 unspecified atom stereocenters. The zero-order chi connectivity index (χ0) is 23.9. The minimum Gasteiger partial charge on any atom is -0.775 e. The number of fused-ring (bicyclic) bond motifs is 1. The van der Waals surface area contributed by atoms with Gasteiger partial charge in [0.15, 0.2) is 0 Å². The quantitative estimate of drug-likeness (QED) is 0.279. The Kier molecular flexibility index (Phi) is 6.81. The summed E-state index contributed by atoms with van der Waals surface area (Å²) in [6, 6.07) is 21.3. The zero-order valence-corrected chi connectivity index (χ0v) is 18.6. The summed E-state index contributed by atoms with van der Waals surface area (Å²) in [5.74, 6) is 2.47. The van der Waals surface area contributed by atoms with E-state index in [0.717, 1.165) is 53.5 Å². The summed E-state index contributed by atoms with van der Waals surface area (Å²) >= 11 is 0. The average Bonchev–Trinajstić information content (AvgIpc) is 2.90. The third-order valence-corrected chi connectivity index (χ3v) is 6.35. The number of hydrogen-bond donors (Lipinski definition) is 0. The van der Waals surface area contributed by atoms with E-state index in [4.69, 9.17) is 13.1 Å². The molecule has 4 nitrogen and oxygen atoms in total. The van der Waals surface area contributed by atoms with Gasteiger partial charge in [0, 0.05) is 5.57 Å². The van der Waals surface area contributed by atoms with Gasteiger partial charge in [0.25, 0.3) is 5.70 Å². The van der Waals surface area contributed by atoms with E-state index in [0.29, 0.717) is 17.1 Å². The average molecular weight is 438 g/mol. The molecule has 0 N–H and O–H groups in total. The van der Waals surface area contributed by atoms with Crippen LogP contribution in [0.3, 0.4) is 0 Å². The monoisotopic (exact) mass is 437 g/mol. The SMILES string of the molecule is [C-]#[N+]C(=C=[N-])C(=C1C=C2C=C(C(=C(C#N)[N+]#[C-])c3ccccc3)CCC2CC1)c1ccccc1. The van der Waals surface area contributed by atoms with Crippen LogP contribution in [0.5, 0.6) is 0 Å². The first-order chi connectivity index (χ1) is 16.7. The zero-order valence-electron chi connectivity index (χ0n) is 18.6. The third-order valence-electron chi connectivity index (χ3n) is 6.35. The van der Waals surface area contributed by atoms with Crippen molar-refractivity contribution < 1.29 is 0 Å². The van der Waals surface area contributed by atoms with Gasteiger partial charge in [0.2, 0.25) is 5.70 Å². The number of nitrogens with zero attached hydrogens (tertiary/aromatic N) is 4. The molecule has 0 aliphatic heterocycles. The molecule has 4 heteroatoms. The fraction of sp³-hybridized carbons (Fsp3) is 0.167. The van der Waals surface area contributed by atoms with Crippen LogP contribution in [-0.4, -0.2) is 5.87 Å². The van der Waals surface area contributed by atoms with Gasteiger partial charge in [-0.1, -0.05) is 72.8 Å². The second-order valence-corrected chi connectivity index (χ2v) is 8.24. The molecule has 1 atom stereocenters. The normalized spacial score (nSPS) is 18.9. The van der Waals surface area contributed by atoms with Crippen molar-refractivity contribution in [2.45, 2.75) is 25.7 Å². The maximum Gasteiger partial charge on any atom is 0.269 e. The number of benzene rings is 2. The Morgan fingerprint density at radius 3 is 2.12 bits per heavy atom. The summed E-state index contributed by atoms with van der Waals surface area (Å²) < 4.78 is 0. The van der Waals surface area contributed by atoms with Gasteiger partial charge < -0.3 is 5.41 Å². The van der Waals surface area contributed by atoms with E-state index in [2.05, 4.69) is 33.8 Å². The van der Waals surface area contributed by atoms with Crippen LogP contribution in [-0.2, 0) is 0 Å². The Morgan fingerprint density at radius 2 is 1.53 bits per heavy atom. The maximum atomic E-state index is 9.64. The van der Waals surface area contributed by atoms with E-state index >= 15 is 0 Å². The maximum absolute atomic E-state index is 9.64. The van der Waals surface area contributed by atoms with Gasteiger partial charge in [-0.25, -0.2) is 15.0 Å². The Hall–Kier alpha value is -4.68. The summed E-state index contributed by atoms with van der Waals surface area (Å²) in [5, 5.41) is 19.3. The number of hydrogen-bond acceptors (Lipinski definition) is 1. The third kappa shape index (κ3) is 4.44. The second kappa shape index (κ2) is 10.3. The van der Waals surface area contributed by atoms with Gasteiger partial charge in [0.1, 0.15) is 0 Å². The first kappa shape index (κ1) is 22.5. The highest BCUT2D eigenvalue weighted by Crippen LogP contribution is 2.44. The highest BCUT2D eigenvalue weighted by molar-refractivity contribution is 5.94. The van der Waals surface area contributed by atoms with Crippen molar-refractivity contribution in [1.82, 2.24) is 0 Å². The van der Waals surface area contributed by atoms with Crippen LogP contribution in [0.25, 0.3) is 26.2 Å².